The second-order valence-corrected chi connectivity index (χ2v) is 6.40. The van der Waals surface area contributed by atoms with Gasteiger partial charge in [0.15, 0.2) is 0 Å². The summed E-state index contributed by atoms with van der Waals surface area (Å²) in [6.07, 6.45) is 4.62. The summed E-state index contributed by atoms with van der Waals surface area (Å²) in [6, 6.07) is 9.39. The van der Waals surface area contributed by atoms with Gasteiger partial charge in [-0.15, -0.1) is 0 Å². The lowest BCUT2D eigenvalue weighted by atomic mass is 9.89. The second kappa shape index (κ2) is 6.03. The van der Waals surface area contributed by atoms with Crippen LogP contribution in [0.25, 0.3) is 11.3 Å². The van der Waals surface area contributed by atoms with Crippen LogP contribution in [-0.4, -0.2) is 15.6 Å². The molecular weight excluding hydrogens is 290 g/mol. The molecule has 0 fully saturated rings. The SMILES string of the molecule is CC(C)n1c(-c2ccc3c(c2)CCCC3)ccc(C(=O)O)c1=O. The molecule has 1 aromatic heterocycles. The van der Waals surface area contributed by atoms with Gasteiger partial charge in [-0.2, -0.15) is 0 Å². The van der Waals surface area contributed by atoms with Gasteiger partial charge in [0.1, 0.15) is 5.56 Å². The summed E-state index contributed by atoms with van der Waals surface area (Å²) in [7, 11) is 0. The molecule has 120 valence electrons. The normalized spacial score (nSPS) is 13.9. The number of aryl methyl sites for hydroxylation is 2. The van der Waals surface area contributed by atoms with Crippen LogP contribution in [0.2, 0.25) is 0 Å². The highest BCUT2D eigenvalue weighted by atomic mass is 16.4. The number of benzene rings is 1. The van der Waals surface area contributed by atoms with E-state index in [1.54, 1.807) is 10.6 Å². The predicted octanol–water partition coefficient (Wildman–Crippen LogP) is 3.67. The molecular formula is C19H21NO3. The van der Waals surface area contributed by atoms with Crippen LogP contribution >= 0.6 is 0 Å². The molecule has 4 heteroatoms. The summed E-state index contributed by atoms with van der Waals surface area (Å²) in [6.45, 7) is 3.80. The first-order valence-corrected chi connectivity index (χ1v) is 8.10. The number of carboxylic acid groups (broad SMARTS) is 1. The second-order valence-electron chi connectivity index (χ2n) is 6.40. The molecule has 0 bridgehead atoms. The highest BCUT2D eigenvalue weighted by molar-refractivity contribution is 5.87. The monoisotopic (exact) mass is 311 g/mol. The summed E-state index contributed by atoms with van der Waals surface area (Å²) in [5.41, 5.74) is 3.87. The fraction of sp³-hybridized carbons (Fsp3) is 0.368. The molecule has 0 amide bonds. The molecule has 1 N–H and O–H groups in total. The lowest BCUT2D eigenvalue weighted by Crippen LogP contribution is -2.28. The molecule has 0 saturated carbocycles. The highest BCUT2D eigenvalue weighted by Gasteiger charge is 2.18. The van der Waals surface area contributed by atoms with Crippen molar-refractivity contribution in [3.8, 4) is 11.3 Å². The third-order valence-corrected chi connectivity index (χ3v) is 4.51. The minimum absolute atomic E-state index is 0.104. The lowest BCUT2D eigenvalue weighted by molar-refractivity contribution is 0.0694. The number of pyridine rings is 1. The van der Waals surface area contributed by atoms with E-state index in [0.29, 0.717) is 0 Å². The van der Waals surface area contributed by atoms with Crippen molar-refractivity contribution >= 4 is 5.97 Å². The Balaban J connectivity index is 2.18. The number of aromatic carboxylic acids is 1. The number of hydrogen-bond acceptors (Lipinski definition) is 2. The zero-order valence-corrected chi connectivity index (χ0v) is 13.5. The number of carbonyl (C=O) groups is 1. The molecule has 1 aromatic carbocycles. The van der Waals surface area contributed by atoms with Gasteiger partial charge in [0.25, 0.3) is 5.56 Å². The van der Waals surface area contributed by atoms with Crippen LogP contribution in [0, 0.1) is 0 Å². The maximum atomic E-state index is 12.5. The maximum absolute atomic E-state index is 12.5. The Hall–Kier alpha value is -2.36. The van der Waals surface area contributed by atoms with Gasteiger partial charge in [0.2, 0.25) is 0 Å². The highest BCUT2D eigenvalue weighted by Crippen LogP contribution is 2.28. The van der Waals surface area contributed by atoms with Gasteiger partial charge in [-0.3, -0.25) is 4.79 Å². The zero-order valence-electron chi connectivity index (χ0n) is 13.5. The largest absolute Gasteiger partial charge is 0.477 e. The minimum atomic E-state index is -1.18. The summed E-state index contributed by atoms with van der Waals surface area (Å²) in [5, 5.41) is 9.18. The van der Waals surface area contributed by atoms with Crippen molar-refractivity contribution in [2.75, 3.05) is 0 Å². The summed E-state index contributed by atoms with van der Waals surface area (Å²) in [4.78, 5) is 23.7. The third kappa shape index (κ3) is 2.81. The van der Waals surface area contributed by atoms with Crippen LogP contribution in [0.15, 0.2) is 35.1 Å². The van der Waals surface area contributed by atoms with E-state index in [4.69, 9.17) is 0 Å². The molecule has 23 heavy (non-hydrogen) atoms. The first-order valence-electron chi connectivity index (χ1n) is 8.10. The van der Waals surface area contributed by atoms with E-state index in [-0.39, 0.29) is 11.6 Å². The van der Waals surface area contributed by atoms with Crippen molar-refractivity contribution in [3.05, 3.63) is 57.4 Å². The van der Waals surface area contributed by atoms with Crippen molar-refractivity contribution in [2.45, 2.75) is 45.6 Å². The van der Waals surface area contributed by atoms with Gasteiger partial charge in [-0.05, 0) is 74.4 Å². The topological polar surface area (TPSA) is 59.3 Å². The Labute approximate surface area is 135 Å². The molecule has 0 atom stereocenters. The number of nitrogens with zero attached hydrogens (tertiary/aromatic N) is 1. The molecule has 1 aliphatic rings. The van der Waals surface area contributed by atoms with Crippen LogP contribution < -0.4 is 5.56 Å². The predicted molar refractivity (Wildman–Crippen MR) is 90.1 cm³/mol. The lowest BCUT2D eigenvalue weighted by Gasteiger charge is -2.20. The van der Waals surface area contributed by atoms with Gasteiger partial charge in [0.05, 0.1) is 5.69 Å². The Morgan fingerprint density at radius 1 is 1.09 bits per heavy atom. The van der Waals surface area contributed by atoms with Crippen molar-refractivity contribution in [3.63, 3.8) is 0 Å². The molecule has 0 saturated heterocycles. The smallest absolute Gasteiger partial charge is 0.341 e. The number of hydrogen-bond donors (Lipinski definition) is 1. The molecule has 0 radical (unpaired) electrons. The first-order chi connectivity index (χ1) is 11.0. The average Bonchev–Trinajstić information content (AvgIpc) is 2.53. The molecule has 1 aliphatic carbocycles. The van der Waals surface area contributed by atoms with Gasteiger partial charge in [0, 0.05) is 6.04 Å². The number of fused-ring (bicyclic) bond motifs is 1. The van der Waals surface area contributed by atoms with E-state index in [1.807, 2.05) is 19.9 Å². The fourth-order valence-corrected chi connectivity index (χ4v) is 3.36. The van der Waals surface area contributed by atoms with Gasteiger partial charge < -0.3 is 9.67 Å². The quantitative estimate of drug-likeness (QED) is 0.940. The molecule has 0 aliphatic heterocycles. The van der Waals surface area contributed by atoms with E-state index in [2.05, 4.69) is 12.1 Å². The van der Waals surface area contributed by atoms with E-state index in [0.717, 1.165) is 24.1 Å². The van der Waals surface area contributed by atoms with Crippen molar-refractivity contribution < 1.29 is 9.90 Å². The Bertz CT molecular complexity index is 818. The van der Waals surface area contributed by atoms with Gasteiger partial charge in [-0.25, -0.2) is 4.79 Å². The first kappa shape index (κ1) is 15.5. The van der Waals surface area contributed by atoms with Gasteiger partial charge >= 0.3 is 5.97 Å². The third-order valence-electron chi connectivity index (χ3n) is 4.51. The summed E-state index contributed by atoms with van der Waals surface area (Å²) < 4.78 is 1.58. The van der Waals surface area contributed by atoms with E-state index >= 15 is 0 Å². The van der Waals surface area contributed by atoms with Crippen molar-refractivity contribution in [1.82, 2.24) is 4.57 Å². The summed E-state index contributed by atoms with van der Waals surface area (Å²) >= 11 is 0. The van der Waals surface area contributed by atoms with Crippen molar-refractivity contribution in [2.24, 2.45) is 0 Å². The number of carboxylic acids is 1. The molecule has 0 unspecified atom stereocenters. The average molecular weight is 311 g/mol. The van der Waals surface area contributed by atoms with E-state index in [9.17, 15) is 14.7 Å². The van der Waals surface area contributed by atoms with E-state index < -0.39 is 11.5 Å². The van der Waals surface area contributed by atoms with Gasteiger partial charge in [-0.1, -0.05) is 12.1 Å². The summed E-state index contributed by atoms with van der Waals surface area (Å²) in [5.74, 6) is -1.18. The van der Waals surface area contributed by atoms with E-state index in [1.165, 1.54) is 30.0 Å². The Morgan fingerprint density at radius 2 is 1.78 bits per heavy atom. The van der Waals surface area contributed by atoms with Crippen LogP contribution in [-0.2, 0) is 12.8 Å². The molecule has 0 spiro atoms. The Kier molecular flexibility index (Phi) is 4.07. The molecule has 4 nitrogen and oxygen atoms in total. The molecule has 1 heterocycles. The Morgan fingerprint density at radius 3 is 2.43 bits per heavy atom. The van der Waals surface area contributed by atoms with Crippen LogP contribution in [0.4, 0.5) is 0 Å². The van der Waals surface area contributed by atoms with Crippen LogP contribution in [0.5, 0.6) is 0 Å². The fourth-order valence-electron chi connectivity index (χ4n) is 3.36. The van der Waals surface area contributed by atoms with Crippen molar-refractivity contribution in [1.29, 1.82) is 0 Å². The zero-order chi connectivity index (χ0) is 16.6. The number of aromatic nitrogens is 1. The molecule has 2 aromatic rings. The number of rotatable bonds is 3. The maximum Gasteiger partial charge on any atom is 0.341 e. The minimum Gasteiger partial charge on any atom is -0.477 e. The van der Waals surface area contributed by atoms with Crippen LogP contribution in [0.3, 0.4) is 0 Å². The molecule has 3 rings (SSSR count). The van der Waals surface area contributed by atoms with Crippen LogP contribution in [0.1, 0.15) is 54.2 Å². The standard InChI is InChI=1S/C19H21NO3/c1-12(2)20-17(10-9-16(18(20)21)19(22)23)15-8-7-13-5-3-4-6-14(13)11-15/h7-12H,3-6H2,1-2H3,(H,22,23).